The van der Waals surface area contributed by atoms with Crippen molar-refractivity contribution in [3.8, 4) is 5.75 Å². The maximum absolute atomic E-state index is 12.4. The number of aromatic nitrogens is 4. The molecule has 0 saturated carbocycles. The van der Waals surface area contributed by atoms with E-state index in [9.17, 15) is 4.79 Å². The van der Waals surface area contributed by atoms with Crippen molar-refractivity contribution in [2.45, 2.75) is 18.6 Å². The van der Waals surface area contributed by atoms with Gasteiger partial charge in [-0.15, -0.1) is 0 Å². The van der Waals surface area contributed by atoms with Crippen molar-refractivity contribution in [2.75, 3.05) is 50.1 Å². The first-order valence-corrected chi connectivity index (χ1v) is 12.8. The second kappa shape index (κ2) is 10.9. The summed E-state index contributed by atoms with van der Waals surface area (Å²) in [5.41, 5.74) is 0.777. The van der Waals surface area contributed by atoms with E-state index in [-0.39, 0.29) is 12.5 Å². The minimum atomic E-state index is -0.180. The average Bonchev–Trinajstić information content (AvgIpc) is 3.30. The van der Waals surface area contributed by atoms with E-state index in [0.29, 0.717) is 32.1 Å². The van der Waals surface area contributed by atoms with Crippen LogP contribution in [0.5, 0.6) is 5.75 Å². The molecule has 35 heavy (non-hydrogen) atoms. The zero-order valence-electron chi connectivity index (χ0n) is 19.6. The number of hydrogen-bond donors (Lipinski definition) is 1. The number of nitrogens with one attached hydrogen (secondary N) is 1. The van der Waals surface area contributed by atoms with Crippen LogP contribution in [0.3, 0.4) is 0 Å². The number of anilines is 1. The average molecular weight is 493 g/mol. The van der Waals surface area contributed by atoms with Crippen molar-refractivity contribution >= 4 is 45.3 Å². The second-order valence-corrected chi connectivity index (χ2v) is 9.35. The Morgan fingerprint density at radius 2 is 1.97 bits per heavy atom. The van der Waals surface area contributed by atoms with Crippen LogP contribution in [0.25, 0.3) is 21.8 Å². The number of amides is 1. The molecular weight excluding hydrogens is 464 g/mol. The third-order valence-electron chi connectivity index (χ3n) is 5.78. The van der Waals surface area contributed by atoms with Crippen molar-refractivity contribution in [3.05, 3.63) is 48.7 Å². The third-order valence-corrected chi connectivity index (χ3v) is 6.51. The third kappa shape index (κ3) is 5.49. The number of morpholine rings is 1. The number of benzene rings is 2. The fourth-order valence-corrected chi connectivity index (χ4v) is 4.61. The molecule has 0 bridgehead atoms. The van der Waals surface area contributed by atoms with Gasteiger partial charge in [0.1, 0.15) is 11.6 Å². The molecule has 1 N–H and O–H groups in total. The summed E-state index contributed by atoms with van der Waals surface area (Å²) in [6.07, 6.45) is 1.81. The van der Waals surface area contributed by atoms with Gasteiger partial charge in [0, 0.05) is 19.6 Å². The highest BCUT2D eigenvalue weighted by atomic mass is 32.2. The first-order valence-electron chi connectivity index (χ1n) is 11.8. The number of nitrogens with zero attached hydrogens (tertiary/aromatic N) is 5. The molecule has 0 unspecified atom stereocenters. The van der Waals surface area contributed by atoms with Gasteiger partial charge in [-0.3, -0.25) is 4.79 Å². The molecule has 1 aliphatic heterocycles. The number of carbonyl (C=O) groups is 1. The second-order valence-electron chi connectivity index (χ2n) is 8.11. The van der Waals surface area contributed by atoms with Gasteiger partial charge in [-0.2, -0.15) is 5.10 Å². The summed E-state index contributed by atoms with van der Waals surface area (Å²) in [6.45, 7) is 5.91. The quantitative estimate of drug-likeness (QED) is 0.281. The minimum Gasteiger partial charge on any atom is -0.484 e. The van der Waals surface area contributed by atoms with Gasteiger partial charge < -0.3 is 19.7 Å². The number of hydrogen-bond acceptors (Lipinski definition) is 8. The van der Waals surface area contributed by atoms with Crippen LogP contribution in [-0.2, 0) is 16.1 Å². The van der Waals surface area contributed by atoms with E-state index in [1.54, 1.807) is 11.8 Å². The van der Waals surface area contributed by atoms with Crippen molar-refractivity contribution in [2.24, 2.45) is 0 Å². The van der Waals surface area contributed by atoms with E-state index in [2.05, 4.69) is 22.2 Å². The predicted octanol–water partition coefficient (Wildman–Crippen LogP) is 3.12. The molecule has 1 amide bonds. The summed E-state index contributed by atoms with van der Waals surface area (Å²) < 4.78 is 13.0. The SMILES string of the molecule is CCSc1nc(N2CCOCC2)c2cnn(CCNC(=O)COc3ccc4ccccc4c3)c2n1. The van der Waals surface area contributed by atoms with Gasteiger partial charge in [0.15, 0.2) is 17.4 Å². The Bertz CT molecular complexity index is 1320. The molecule has 182 valence electrons. The maximum Gasteiger partial charge on any atom is 0.258 e. The van der Waals surface area contributed by atoms with Gasteiger partial charge in [0.2, 0.25) is 0 Å². The van der Waals surface area contributed by atoms with Crippen LogP contribution in [-0.4, -0.2) is 70.9 Å². The summed E-state index contributed by atoms with van der Waals surface area (Å²) in [7, 11) is 0. The van der Waals surface area contributed by atoms with Gasteiger partial charge in [-0.25, -0.2) is 14.6 Å². The fraction of sp³-hybridized carbons (Fsp3) is 0.360. The van der Waals surface area contributed by atoms with Gasteiger partial charge in [0.05, 0.1) is 31.3 Å². The zero-order valence-corrected chi connectivity index (χ0v) is 20.5. The van der Waals surface area contributed by atoms with Crippen LogP contribution in [0, 0.1) is 0 Å². The molecule has 1 saturated heterocycles. The Morgan fingerprint density at radius 1 is 1.14 bits per heavy atom. The number of rotatable bonds is 9. The molecule has 2 aromatic carbocycles. The zero-order chi connectivity index (χ0) is 24.0. The lowest BCUT2D eigenvalue weighted by Gasteiger charge is -2.28. The van der Waals surface area contributed by atoms with E-state index >= 15 is 0 Å². The first-order chi connectivity index (χ1) is 17.2. The summed E-state index contributed by atoms with van der Waals surface area (Å²) >= 11 is 1.61. The Kier molecular flexibility index (Phi) is 7.29. The molecule has 5 rings (SSSR count). The predicted molar refractivity (Wildman–Crippen MR) is 137 cm³/mol. The van der Waals surface area contributed by atoms with E-state index in [0.717, 1.165) is 51.6 Å². The molecule has 0 aliphatic carbocycles. The monoisotopic (exact) mass is 492 g/mol. The minimum absolute atomic E-state index is 0.0428. The molecule has 2 aromatic heterocycles. The van der Waals surface area contributed by atoms with Crippen molar-refractivity contribution < 1.29 is 14.3 Å². The lowest BCUT2D eigenvalue weighted by molar-refractivity contribution is -0.123. The van der Waals surface area contributed by atoms with Crippen molar-refractivity contribution in [3.63, 3.8) is 0 Å². The Morgan fingerprint density at radius 3 is 2.80 bits per heavy atom. The number of carbonyl (C=O) groups excluding carboxylic acids is 1. The van der Waals surface area contributed by atoms with E-state index in [4.69, 9.17) is 19.4 Å². The largest absolute Gasteiger partial charge is 0.484 e. The van der Waals surface area contributed by atoms with Crippen molar-refractivity contribution in [1.29, 1.82) is 0 Å². The van der Waals surface area contributed by atoms with Gasteiger partial charge in [0.25, 0.3) is 5.91 Å². The normalized spacial score (nSPS) is 13.9. The number of ether oxygens (including phenoxy) is 2. The maximum atomic E-state index is 12.4. The molecule has 1 aliphatic rings. The number of thioether (sulfide) groups is 1. The van der Waals surface area contributed by atoms with Crippen LogP contribution in [0.4, 0.5) is 5.82 Å². The standard InChI is InChI=1S/C25H28N6O3S/c1-2-35-25-28-23(30-11-13-33-14-12-30)21-16-27-31(24(21)29-25)10-9-26-22(32)17-34-20-8-7-18-5-3-4-6-19(18)15-20/h3-8,15-16H,2,9-14,17H2,1H3,(H,26,32). The Balaban J connectivity index is 1.21. The highest BCUT2D eigenvalue weighted by Crippen LogP contribution is 2.27. The van der Waals surface area contributed by atoms with Crippen LogP contribution in [0.1, 0.15) is 6.92 Å². The molecule has 0 radical (unpaired) electrons. The lowest BCUT2D eigenvalue weighted by atomic mass is 10.1. The van der Waals surface area contributed by atoms with Crippen molar-refractivity contribution in [1.82, 2.24) is 25.1 Å². The molecule has 10 heteroatoms. The molecule has 3 heterocycles. The van der Waals surface area contributed by atoms with Gasteiger partial charge in [-0.05, 0) is 28.7 Å². The van der Waals surface area contributed by atoms with E-state index in [1.165, 1.54) is 0 Å². The summed E-state index contributed by atoms with van der Waals surface area (Å²) in [5, 5.41) is 11.3. The highest BCUT2D eigenvalue weighted by Gasteiger charge is 2.20. The summed E-state index contributed by atoms with van der Waals surface area (Å²) in [5.74, 6) is 2.27. The molecule has 1 fully saturated rings. The molecule has 0 spiro atoms. The van der Waals surface area contributed by atoms with Gasteiger partial charge >= 0.3 is 0 Å². The lowest BCUT2D eigenvalue weighted by Crippen LogP contribution is -2.37. The summed E-state index contributed by atoms with van der Waals surface area (Å²) in [6, 6.07) is 13.9. The number of fused-ring (bicyclic) bond motifs is 2. The van der Waals surface area contributed by atoms with Crippen LogP contribution in [0.15, 0.2) is 53.8 Å². The molecule has 0 atom stereocenters. The Hall–Kier alpha value is -3.37. The smallest absolute Gasteiger partial charge is 0.258 e. The highest BCUT2D eigenvalue weighted by molar-refractivity contribution is 7.99. The van der Waals surface area contributed by atoms with E-state index < -0.39 is 0 Å². The molecular formula is C25H28N6O3S. The van der Waals surface area contributed by atoms with Crippen LogP contribution < -0.4 is 15.0 Å². The van der Waals surface area contributed by atoms with Gasteiger partial charge in [-0.1, -0.05) is 49.0 Å². The summed E-state index contributed by atoms with van der Waals surface area (Å²) in [4.78, 5) is 24.1. The molecule has 9 nitrogen and oxygen atoms in total. The first kappa shape index (κ1) is 23.4. The fourth-order valence-electron chi connectivity index (χ4n) is 4.05. The topological polar surface area (TPSA) is 94.4 Å². The van der Waals surface area contributed by atoms with Crippen LogP contribution >= 0.6 is 11.8 Å². The van der Waals surface area contributed by atoms with E-state index in [1.807, 2.05) is 53.3 Å². The molecule has 4 aromatic rings. The Labute approximate surface area is 207 Å². The van der Waals surface area contributed by atoms with Crippen LogP contribution in [0.2, 0.25) is 0 Å².